The monoisotopic (exact) mass is 321 g/mol. The van der Waals surface area contributed by atoms with E-state index in [9.17, 15) is 9.59 Å². The lowest BCUT2D eigenvalue weighted by molar-refractivity contribution is 0.0569. The number of rotatable bonds is 3. The molecule has 0 saturated carbocycles. The number of carbonyl (C=O) groups excluding carboxylic acids is 2. The Morgan fingerprint density at radius 3 is 2.17 bits per heavy atom. The highest BCUT2D eigenvalue weighted by molar-refractivity contribution is 5.96. The van der Waals surface area contributed by atoms with Crippen molar-refractivity contribution >= 4 is 12.0 Å². The first kappa shape index (κ1) is 17.4. The van der Waals surface area contributed by atoms with Gasteiger partial charge in [0.15, 0.2) is 0 Å². The third kappa shape index (κ3) is 3.51. The zero-order valence-electron chi connectivity index (χ0n) is 14.8. The van der Waals surface area contributed by atoms with Crippen molar-refractivity contribution in [2.24, 2.45) is 0 Å². The maximum Gasteiger partial charge on any atom is 0.409 e. The van der Waals surface area contributed by atoms with Crippen LogP contribution in [0.5, 0.6) is 0 Å². The van der Waals surface area contributed by atoms with Crippen LogP contribution in [0.15, 0.2) is 6.07 Å². The topological polar surface area (TPSA) is 54.8 Å². The van der Waals surface area contributed by atoms with Crippen LogP contribution in [0.2, 0.25) is 0 Å². The fourth-order valence-electron chi connectivity index (χ4n) is 3.27. The molecule has 0 bridgehead atoms. The minimum atomic E-state index is -0.294. The number of amides is 2. The Morgan fingerprint density at radius 1 is 1.13 bits per heavy atom. The molecule has 1 aliphatic rings. The summed E-state index contributed by atoms with van der Waals surface area (Å²) < 4.78 is 7.19. The van der Waals surface area contributed by atoms with Crippen molar-refractivity contribution in [2.75, 3.05) is 32.8 Å². The van der Waals surface area contributed by atoms with Crippen LogP contribution in [0.25, 0.3) is 0 Å². The van der Waals surface area contributed by atoms with Gasteiger partial charge in [-0.15, -0.1) is 0 Å². The lowest BCUT2D eigenvalue weighted by Crippen LogP contribution is -2.50. The molecule has 1 aromatic rings. The molecule has 0 aromatic carbocycles. The van der Waals surface area contributed by atoms with Crippen LogP contribution in [0.3, 0.4) is 0 Å². The van der Waals surface area contributed by atoms with E-state index in [1.807, 2.05) is 24.8 Å². The number of piperazine rings is 1. The van der Waals surface area contributed by atoms with Gasteiger partial charge < -0.3 is 19.1 Å². The normalized spacial score (nSPS) is 15.2. The van der Waals surface area contributed by atoms with Crippen LogP contribution >= 0.6 is 0 Å². The SMILES string of the molecule is CCOC(=O)N1CCN(C(=O)c2cc(C)n(C(C)C)c2C)CC1. The second kappa shape index (κ2) is 7.06. The highest BCUT2D eigenvalue weighted by Gasteiger charge is 2.27. The van der Waals surface area contributed by atoms with Gasteiger partial charge in [0.05, 0.1) is 12.2 Å². The van der Waals surface area contributed by atoms with Gasteiger partial charge in [-0.25, -0.2) is 4.79 Å². The van der Waals surface area contributed by atoms with Gasteiger partial charge >= 0.3 is 6.09 Å². The van der Waals surface area contributed by atoms with Gasteiger partial charge in [0.2, 0.25) is 0 Å². The van der Waals surface area contributed by atoms with Crippen molar-refractivity contribution < 1.29 is 14.3 Å². The van der Waals surface area contributed by atoms with E-state index in [-0.39, 0.29) is 12.0 Å². The van der Waals surface area contributed by atoms with Gasteiger partial charge in [-0.2, -0.15) is 0 Å². The minimum absolute atomic E-state index is 0.0495. The van der Waals surface area contributed by atoms with E-state index < -0.39 is 0 Å². The Kier molecular flexibility index (Phi) is 5.34. The fraction of sp³-hybridized carbons (Fsp3) is 0.647. The molecule has 6 nitrogen and oxygen atoms in total. The van der Waals surface area contributed by atoms with Crippen LogP contribution in [0.1, 0.15) is 48.6 Å². The van der Waals surface area contributed by atoms with E-state index in [1.165, 1.54) is 0 Å². The van der Waals surface area contributed by atoms with Crippen molar-refractivity contribution in [1.29, 1.82) is 0 Å². The van der Waals surface area contributed by atoms with Gasteiger partial charge in [0.1, 0.15) is 0 Å². The lowest BCUT2D eigenvalue weighted by Gasteiger charge is -2.34. The van der Waals surface area contributed by atoms with Crippen molar-refractivity contribution in [3.05, 3.63) is 23.0 Å². The molecule has 0 unspecified atom stereocenters. The number of carbonyl (C=O) groups is 2. The van der Waals surface area contributed by atoms with Crippen LogP contribution in [0, 0.1) is 13.8 Å². The molecule has 1 fully saturated rings. The van der Waals surface area contributed by atoms with Gasteiger partial charge in [-0.05, 0) is 40.7 Å². The van der Waals surface area contributed by atoms with Crippen LogP contribution < -0.4 is 0 Å². The summed E-state index contributed by atoms with van der Waals surface area (Å²) >= 11 is 0. The zero-order chi connectivity index (χ0) is 17.1. The highest BCUT2D eigenvalue weighted by Crippen LogP contribution is 2.22. The van der Waals surface area contributed by atoms with Crippen molar-refractivity contribution in [2.45, 2.75) is 40.7 Å². The molecule has 0 atom stereocenters. The summed E-state index contributed by atoms with van der Waals surface area (Å²) in [5.41, 5.74) is 2.88. The molecule has 0 N–H and O–H groups in total. The van der Waals surface area contributed by atoms with Crippen LogP contribution in [0.4, 0.5) is 4.79 Å². The Morgan fingerprint density at radius 2 is 1.70 bits per heavy atom. The molecule has 0 spiro atoms. The number of aromatic nitrogens is 1. The average Bonchev–Trinajstić information content (AvgIpc) is 2.81. The molecule has 0 aliphatic carbocycles. The number of hydrogen-bond acceptors (Lipinski definition) is 3. The van der Waals surface area contributed by atoms with Gasteiger partial charge in [-0.3, -0.25) is 4.79 Å². The third-order valence-corrected chi connectivity index (χ3v) is 4.32. The summed E-state index contributed by atoms with van der Waals surface area (Å²) in [6.07, 6.45) is -0.294. The first-order chi connectivity index (χ1) is 10.9. The number of aryl methyl sites for hydroxylation is 1. The highest BCUT2D eigenvalue weighted by atomic mass is 16.6. The average molecular weight is 321 g/mol. The zero-order valence-corrected chi connectivity index (χ0v) is 14.8. The summed E-state index contributed by atoms with van der Waals surface area (Å²) in [6, 6.07) is 2.30. The van der Waals surface area contributed by atoms with Gasteiger partial charge in [0.25, 0.3) is 5.91 Å². The number of ether oxygens (including phenoxy) is 1. The Labute approximate surface area is 138 Å². The quantitative estimate of drug-likeness (QED) is 0.860. The van der Waals surface area contributed by atoms with Crippen LogP contribution in [-0.2, 0) is 4.74 Å². The van der Waals surface area contributed by atoms with E-state index in [0.29, 0.717) is 38.8 Å². The van der Waals surface area contributed by atoms with E-state index in [1.54, 1.807) is 11.8 Å². The molecular formula is C17H27N3O3. The molecule has 1 saturated heterocycles. The molecule has 6 heteroatoms. The summed E-state index contributed by atoms with van der Waals surface area (Å²) in [4.78, 5) is 28.0. The maximum absolute atomic E-state index is 12.8. The van der Waals surface area contributed by atoms with Gasteiger partial charge in [-0.1, -0.05) is 0 Å². The fourth-order valence-corrected chi connectivity index (χ4v) is 3.27. The summed E-state index contributed by atoms with van der Waals surface area (Å²) in [5, 5.41) is 0. The minimum Gasteiger partial charge on any atom is -0.450 e. The smallest absolute Gasteiger partial charge is 0.409 e. The molecule has 1 aliphatic heterocycles. The molecule has 0 radical (unpaired) electrons. The molecule has 2 heterocycles. The predicted octanol–water partition coefficient (Wildman–Crippen LogP) is 2.60. The van der Waals surface area contributed by atoms with Crippen molar-refractivity contribution in [1.82, 2.24) is 14.4 Å². The standard InChI is InChI=1S/C17H27N3O3/c1-6-23-17(22)19-9-7-18(8-10-19)16(21)15-11-13(4)20(12(2)3)14(15)5/h11-12H,6-10H2,1-5H3. The van der Waals surface area contributed by atoms with E-state index in [0.717, 1.165) is 17.0 Å². The van der Waals surface area contributed by atoms with E-state index in [4.69, 9.17) is 4.74 Å². The number of nitrogens with zero attached hydrogens (tertiary/aromatic N) is 3. The summed E-state index contributed by atoms with van der Waals surface area (Å²) in [6.45, 7) is 12.6. The van der Waals surface area contributed by atoms with Crippen molar-refractivity contribution in [3.63, 3.8) is 0 Å². The lowest BCUT2D eigenvalue weighted by atomic mass is 10.2. The molecular weight excluding hydrogens is 294 g/mol. The first-order valence-corrected chi connectivity index (χ1v) is 8.26. The number of hydrogen-bond donors (Lipinski definition) is 0. The van der Waals surface area contributed by atoms with Crippen LogP contribution in [-0.4, -0.2) is 59.2 Å². The molecule has 2 rings (SSSR count). The maximum atomic E-state index is 12.8. The van der Waals surface area contributed by atoms with E-state index in [2.05, 4.69) is 18.4 Å². The van der Waals surface area contributed by atoms with Gasteiger partial charge in [0, 0.05) is 43.6 Å². The molecule has 2 amide bonds. The predicted molar refractivity (Wildman–Crippen MR) is 88.8 cm³/mol. The summed E-state index contributed by atoms with van der Waals surface area (Å²) in [7, 11) is 0. The molecule has 128 valence electrons. The Bertz CT molecular complexity index is 584. The Hall–Kier alpha value is -1.98. The first-order valence-electron chi connectivity index (χ1n) is 8.26. The molecule has 23 heavy (non-hydrogen) atoms. The molecule has 1 aromatic heterocycles. The second-order valence-corrected chi connectivity index (χ2v) is 6.23. The van der Waals surface area contributed by atoms with Crippen molar-refractivity contribution in [3.8, 4) is 0 Å². The largest absolute Gasteiger partial charge is 0.450 e. The second-order valence-electron chi connectivity index (χ2n) is 6.23. The van der Waals surface area contributed by atoms with E-state index >= 15 is 0 Å². The Balaban J connectivity index is 2.06. The third-order valence-electron chi connectivity index (χ3n) is 4.32. The summed E-state index contributed by atoms with van der Waals surface area (Å²) in [5.74, 6) is 0.0495.